The third-order valence-corrected chi connectivity index (χ3v) is 2.10. The second-order valence-electron chi connectivity index (χ2n) is 4.96. The number of hydrogen-bond acceptors (Lipinski definition) is 5. The minimum Gasteiger partial charge on any atom is -0.444 e. The Morgan fingerprint density at radius 3 is 2.84 bits per heavy atom. The van der Waals surface area contributed by atoms with Crippen LogP contribution in [-0.4, -0.2) is 32.7 Å². The van der Waals surface area contributed by atoms with Gasteiger partial charge < -0.3 is 20.2 Å². The number of alkyl carbamates (subject to hydrolysis) is 1. The van der Waals surface area contributed by atoms with E-state index in [-0.39, 0.29) is 5.95 Å². The minimum absolute atomic E-state index is 0.197. The van der Waals surface area contributed by atoms with Crippen molar-refractivity contribution in [2.45, 2.75) is 39.3 Å². The summed E-state index contributed by atoms with van der Waals surface area (Å²) in [4.78, 5) is 25.0. The molecule has 0 spiro atoms. The highest BCUT2D eigenvalue weighted by Crippen LogP contribution is 2.08. The van der Waals surface area contributed by atoms with Gasteiger partial charge in [-0.15, -0.1) is 0 Å². The second kappa shape index (κ2) is 6.17. The van der Waals surface area contributed by atoms with E-state index in [4.69, 9.17) is 4.74 Å². The predicted molar refractivity (Wildman–Crippen MR) is 67.7 cm³/mol. The molecule has 1 aromatic rings. The Morgan fingerprint density at radius 2 is 2.26 bits per heavy atom. The average molecular weight is 270 g/mol. The highest BCUT2D eigenvalue weighted by Gasteiger charge is 2.16. The molecule has 1 heterocycles. The maximum absolute atomic E-state index is 11.3. The smallest absolute Gasteiger partial charge is 0.434 e. The fraction of sp³-hybridized carbons (Fsp3) is 0.636. The van der Waals surface area contributed by atoms with Crippen molar-refractivity contribution >= 4 is 12.0 Å². The van der Waals surface area contributed by atoms with Gasteiger partial charge in [-0.2, -0.15) is 0 Å². The van der Waals surface area contributed by atoms with Crippen molar-refractivity contribution in [3.8, 4) is 0 Å². The van der Waals surface area contributed by atoms with Crippen molar-refractivity contribution in [3.63, 3.8) is 0 Å². The van der Waals surface area contributed by atoms with Crippen LogP contribution in [0.2, 0.25) is 0 Å². The molecule has 0 fully saturated rings. The molecule has 19 heavy (non-hydrogen) atoms. The normalized spacial score (nSPS) is 11.1. The quantitative estimate of drug-likeness (QED) is 0.498. The summed E-state index contributed by atoms with van der Waals surface area (Å²) in [5.41, 5.74) is -0.535. The van der Waals surface area contributed by atoms with Gasteiger partial charge in [0.2, 0.25) is 0 Å². The Hall–Kier alpha value is -2.12. The van der Waals surface area contributed by atoms with Crippen LogP contribution in [0.4, 0.5) is 10.7 Å². The van der Waals surface area contributed by atoms with Crippen molar-refractivity contribution in [1.29, 1.82) is 0 Å². The molecule has 1 amide bonds. The van der Waals surface area contributed by atoms with Crippen LogP contribution in [0, 0.1) is 10.1 Å². The van der Waals surface area contributed by atoms with Crippen molar-refractivity contribution < 1.29 is 14.5 Å². The predicted octanol–water partition coefficient (Wildman–Crippen LogP) is 1.71. The monoisotopic (exact) mass is 270 g/mol. The summed E-state index contributed by atoms with van der Waals surface area (Å²) in [6, 6.07) is 0. The number of hydrogen-bond donors (Lipinski definition) is 1. The summed E-state index contributed by atoms with van der Waals surface area (Å²) in [5, 5.41) is 13.2. The van der Waals surface area contributed by atoms with E-state index in [1.54, 1.807) is 20.8 Å². The zero-order valence-electron chi connectivity index (χ0n) is 11.3. The average Bonchev–Trinajstić information content (AvgIpc) is 2.70. The number of aryl methyl sites for hydroxylation is 1. The zero-order valence-corrected chi connectivity index (χ0v) is 11.3. The van der Waals surface area contributed by atoms with Crippen LogP contribution in [-0.2, 0) is 11.3 Å². The first-order valence-corrected chi connectivity index (χ1v) is 5.92. The van der Waals surface area contributed by atoms with E-state index in [1.165, 1.54) is 17.0 Å². The molecule has 1 aromatic heterocycles. The largest absolute Gasteiger partial charge is 0.444 e. The Balaban J connectivity index is 2.30. The van der Waals surface area contributed by atoms with E-state index in [9.17, 15) is 14.9 Å². The van der Waals surface area contributed by atoms with E-state index >= 15 is 0 Å². The first kappa shape index (κ1) is 14.9. The molecule has 0 bridgehead atoms. The molecular weight excluding hydrogens is 252 g/mol. The highest BCUT2D eigenvalue weighted by atomic mass is 16.6. The molecule has 1 rings (SSSR count). The minimum atomic E-state index is -0.540. The van der Waals surface area contributed by atoms with Gasteiger partial charge in [0.05, 0.1) is 6.54 Å². The first-order chi connectivity index (χ1) is 8.79. The van der Waals surface area contributed by atoms with Crippen LogP contribution < -0.4 is 5.32 Å². The lowest BCUT2D eigenvalue weighted by molar-refractivity contribution is -0.396. The van der Waals surface area contributed by atoms with Gasteiger partial charge in [0.1, 0.15) is 18.0 Å². The molecule has 0 aliphatic carbocycles. The van der Waals surface area contributed by atoms with Gasteiger partial charge in [-0.1, -0.05) is 4.98 Å². The lowest BCUT2D eigenvalue weighted by Crippen LogP contribution is -2.33. The highest BCUT2D eigenvalue weighted by molar-refractivity contribution is 5.67. The van der Waals surface area contributed by atoms with Crippen LogP contribution in [0.1, 0.15) is 27.2 Å². The maximum atomic E-state index is 11.3. The summed E-state index contributed by atoms with van der Waals surface area (Å²) in [5.74, 6) is -0.197. The van der Waals surface area contributed by atoms with E-state index in [0.29, 0.717) is 19.5 Å². The van der Waals surface area contributed by atoms with Crippen LogP contribution in [0.25, 0.3) is 0 Å². The van der Waals surface area contributed by atoms with Crippen molar-refractivity contribution in [3.05, 3.63) is 22.5 Å². The van der Waals surface area contributed by atoms with Gasteiger partial charge in [-0.25, -0.2) is 9.36 Å². The first-order valence-electron chi connectivity index (χ1n) is 5.92. The van der Waals surface area contributed by atoms with Gasteiger partial charge >= 0.3 is 12.0 Å². The standard InChI is InChI=1S/C11H18N4O4/c1-11(2,3)19-10(16)13-5-4-7-14-8-6-12-9(14)15(17)18/h6,8H,4-5,7H2,1-3H3,(H,13,16). The number of nitrogens with zero attached hydrogens (tertiary/aromatic N) is 3. The Kier molecular flexibility index (Phi) is 4.85. The molecule has 1 N–H and O–H groups in total. The lowest BCUT2D eigenvalue weighted by Gasteiger charge is -2.19. The molecule has 0 radical (unpaired) electrons. The van der Waals surface area contributed by atoms with E-state index < -0.39 is 16.6 Å². The van der Waals surface area contributed by atoms with Crippen molar-refractivity contribution in [1.82, 2.24) is 14.9 Å². The van der Waals surface area contributed by atoms with Crippen LogP contribution in [0.5, 0.6) is 0 Å². The fourth-order valence-corrected chi connectivity index (χ4v) is 1.40. The molecule has 8 heteroatoms. The summed E-state index contributed by atoms with van der Waals surface area (Å²) in [7, 11) is 0. The number of ether oxygens (including phenoxy) is 1. The number of nitrogens with one attached hydrogen (secondary N) is 1. The van der Waals surface area contributed by atoms with Gasteiger partial charge in [0.15, 0.2) is 0 Å². The molecule has 0 saturated carbocycles. The van der Waals surface area contributed by atoms with Crippen molar-refractivity contribution in [2.75, 3.05) is 6.54 Å². The third-order valence-electron chi connectivity index (χ3n) is 2.10. The molecule has 8 nitrogen and oxygen atoms in total. The van der Waals surface area contributed by atoms with Crippen LogP contribution in [0.15, 0.2) is 12.4 Å². The molecule has 106 valence electrons. The van der Waals surface area contributed by atoms with Gasteiger partial charge in [-0.05, 0) is 32.1 Å². The summed E-state index contributed by atoms with van der Waals surface area (Å²) in [6.07, 6.45) is 2.97. The number of aromatic nitrogens is 2. The fourth-order valence-electron chi connectivity index (χ4n) is 1.40. The van der Waals surface area contributed by atoms with Crippen molar-refractivity contribution in [2.24, 2.45) is 0 Å². The topological polar surface area (TPSA) is 99.3 Å². The van der Waals surface area contributed by atoms with Gasteiger partial charge in [0, 0.05) is 6.54 Å². The SMILES string of the molecule is CC(C)(C)OC(=O)NCCCn1ccnc1[N+](=O)[O-]. The third kappa shape index (κ3) is 5.36. The lowest BCUT2D eigenvalue weighted by atomic mass is 10.2. The van der Waals surface area contributed by atoms with Gasteiger partial charge in [-0.3, -0.25) is 0 Å². The number of carbonyl (C=O) groups excluding carboxylic acids is 1. The number of imidazole rings is 1. The zero-order chi connectivity index (χ0) is 14.5. The number of rotatable bonds is 5. The molecule has 0 aliphatic rings. The summed E-state index contributed by atoms with van der Waals surface area (Å²) in [6.45, 7) is 6.13. The van der Waals surface area contributed by atoms with E-state index in [2.05, 4.69) is 10.3 Å². The van der Waals surface area contributed by atoms with Crippen LogP contribution >= 0.6 is 0 Å². The number of nitro groups is 1. The summed E-state index contributed by atoms with van der Waals surface area (Å²) < 4.78 is 6.49. The molecule has 0 saturated heterocycles. The molecule has 0 unspecified atom stereocenters. The van der Waals surface area contributed by atoms with E-state index in [0.717, 1.165) is 0 Å². The maximum Gasteiger partial charge on any atom is 0.434 e. The van der Waals surface area contributed by atoms with Gasteiger partial charge in [0.25, 0.3) is 0 Å². The molecule has 0 aliphatic heterocycles. The molecular formula is C11H18N4O4. The Morgan fingerprint density at radius 1 is 1.58 bits per heavy atom. The van der Waals surface area contributed by atoms with Crippen LogP contribution in [0.3, 0.4) is 0 Å². The summed E-state index contributed by atoms with van der Waals surface area (Å²) >= 11 is 0. The number of amides is 1. The Bertz CT molecular complexity index is 450. The number of carbonyl (C=O) groups is 1. The molecule has 0 aromatic carbocycles. The van der Waals surface area contributed by atoms with E-state index in [1.807, 2.05) is 0 Å². The Labute approximate surface area is 110 Å². The molecule has 0 atom stereocenters. The second-order valence-corrected chi connectivity index (χ2v) is 4.96.